The zero-order valence-corrected chi connectivity index (χ0v) is 15.2. The molecule has 28 heavy (non-hydrogen) atoms. The second-order valence-electron chi connectivity index (χ2n) is 5.86. The fourth-order valence-corrected chi connectivity index (χ4v) is 2.16. The smallest absolute Gasteiger partial charge is 0.437 e. The maximum atomic E-state index is 13.3. The van der Waals surface area contributed by atoms with Crippen LogP contribution < -0.4 is 4.74 Å². The van der Waals surface area contributed by atoms with E-state index >= 15 is 0 Å². The fraction of sp³-hybridized carbons (Fsp3) is 0.263. The van der Waals surface area contributed by atoms with Gasteiger partial charge in [0.2, 0.25) is 0 Å². The number of benzene rings is 2. The highest BCUT2D eigenvalue weighted by molar-refractivity contribution is 6.04. The third-order valence-electron chi connectivity index (χ3n) is 3.55. The lowest BCUT2D eigenvalue weighted by molar-refractivity contribution is -0.0604. The van der Waals surface area contributed by atoms with Crippen molar-refractivity contribution >= 4 is 11.8 Å². The normalized spacial score (nSPS) is 11.9. The number of nitrogens with zero attached hydrogens (tertiary/aromatic N) is 2. The Hall–Kier alpha value is -3.07. The largest absolute Gasteiger partial charge is 0.491 e. The fourth-order valence-electron chi connectivity index (χ4n) is 2.16. The average Bonchev–Trinajstić information content (AvgIpc) is 2.66. The zero-order valence-electron chi connectivity index (χ0n) is 15.2. The molecule has 0 aliphatic carbocycles. The van der Waals surface area contributed by atoms with Gasteiger partial charge in [0.15, 0.2) is 5.71 Å². The predicted molar refractivity (Wildman–Crippen MR) is 97.2 cm³/mol. The summed E-state index contributed by atoms with van der Waals surface area (Å²) in [6, 6.07) is 12.4. The van der Waals surface area contributed by atoms with Crippen molar-refractivity contribution in [3.63, 3.8) is 0 Å². The second kappa shape index (κ2) is 9.23. The van der Waals surface area contributed by atoms with Crippen LogP contribution in [0.4, 0.5) is 18.0 Å². The van der Waals surface area contributed by atoms with Crippen molar-refractivity contribution in [1.82, 2.24) is 4.90 Å². The Labute approximate surface area is 159 Å². The number of hydrogen-bond donors (Lipinski definition) is 1. The van der Waals surface area contributed by atoms with Gasteiger partial charge in [-0.25, -0.2) is 4.79 Å². The lowest BCUT2D eigenvalue weighted by Crippen LogP contribution is -2.27. The summed E-state index contributed by atoms with van der Waals surface area (Å²) in [5.41, 5.74) is -0.0793. The summed E-state index contributed by atoms with van der Waals surface area (Å²) in [5.74, 6) is 0.573. The van der Waals surface area contributed by atoms with Crippen molar-refractivity contribution in [3.8, 4) is 16.9 Å². The van der Waals surface area contributed by atoms with Crippen molar-refractivity contribution in [2.45, 2.75) is 6.18 Å². The molecule has 1 amide bonds. The third kappa shape index (κ3) is 5.71. The number of carbonyl (C=O) groups is 1. The maximum absolute atomic E-state index is 13.3. The summed E-state index contributed by atoms with van der Waals surface area (Å²) in [5, 5.41) is 11.7. The summed E-state index contributed by atoms with van der Waals surface area (Å²) in [4.78, 5) is 16.6. The van der Waals surface area contributed by atoms with Crippen molar-refractivity contribution < 1.29 is 32.6 Å². The molecule has 0 radical (unpaired) electrons. The average molecular weight is 396 g/mol. The van der Waals surface area contributed by atoms with Crippen LogP contribution in [0.25, 0.3) is 11.1 Å². The Morgan fingerprint density at radius 1 is 1.04 bits per heavy atom. The molecule has 2 aromatic rings. The summed E-state index contributed by atoms with van der Waals surface area (Å²) in [6.45, 7) is 0.0716. The van der Waals surface area contributed by atoms with Gasteiger partial charge in [-0.3, -0.25) is 4.84 Å². The number of hydrogen-bond acceptors (Lipinski definition) is 5. The SMILES string of the molecule is CN(C)C(=O)O/N=C(/c1ccc(-c2ccc(OCCO)cc2)cc1)C(F)(F)F. The summed E-state index contributed by atoms with van der Waals surface area (Å²) in [6.07, 6.45) is -5.80. The van der Waals surface area contributed by atoms with Crippen LogP contribution in [0, 0.1) is 0 Å². The molecule has 0 fully saturated rings. The minimum absolute atomic E-state index is 0.101. The van der Waals surface area contributed by atoms with Crippen LogP contribution in [-0.2, 0) is 4.84 Å². The number of aliphatic hydroxyl groups excluding tert-OH is 1. The van der Waals surface area contributed by atoms with E-state index in [0.29, 0.717) is 11.3 Å². The molecular formula is C19H19F3N2O4. The Bertz CT molecular complexity index is 817. The van der Waals surface area contributed by atoms with Gasteiger partial charge in [-0.15, -0.1) is 0 Å². The van der Waals surface area contributed by atoms with E-state index in [9.17, 15) is 18.0 Å². The number of amides is 1. The van der Waals surface area contributed by atoms with Crippen molar-refractivity contribution in [1.29, 1.82) is 0 Å². The van der Waals surface area contributed by atoms with Crippen LogP contribution in [0.1, 0.15) is 5.56 Å². The second-order valence-corrected chi connectivity index (χ2v) is 5.86. The van der Waals surface area contributed by atoms with Crippen molar-refractivity contribution in [2.75, 3.05) is 27.3 Å². The van der Waals surface area contributed by atoms with Gasteiger partial charge < -0.3 is 14.7 Å². The number of alkyl halides is 3. The van der Waals surface area contributed by atoms with Gasteiger partial charge in [-0.2, -0.15) is 13.2 Å². The third-order valence-corrected chi connectivity index (χ3v) is 3.55. The van der Waals surface area contributed by atoms with Gasteiger partial charge in [0.1, 0.15) is 12.4 Å². The van der Waals surface area contributed by atoms with Gasteiger partial charge in [-0.05, 0) is 23.3 Å². The number of aliphatic hydroxyl groups is 1. The van der Waals surface area contributed by atoms with E-state index in [1.54, 1.807) is 24.3 Å². The molecule has 6 nitrogen and oxygen atoms in total. The topological polar surface area (TPSA) is 71.4 Å². The van der Waals surface area contributed by atoms with E-state index in [-0.39, 0.29) is 18.8 Å². The molecule has 0 spiro atoms. The van der Waals surface area contributed by atoms with Crippen LogP contribution in [0.3, 0.4) is 0 Å². The van der Waals surface area contributed by atoms with E-state index in [4.69, 9.17) is 9.84 Å². The molecule has 150 valence electrons. The first-order valence-electron chi connectivity index (χ1n) is 8.20. The molecule has 2 rings (SSSR count). The Morgan fingerprint density at radius 2 is 1.57 bits per heavy atom. The molecule has 0 atom stereocenters. The monoisotopic (exact) mass is 396 g/mol. The summed E-state index contributed by atoms with van der Waals surface area (Å²) in [7, 11) is 2.67. The molecule has 0 aliphatic rings. The molecule has 0 bridgehead atoms. The van der Waals surface area contributed by atoms with E-state index in [1.165, 1.54) is 38.4 Å². The van der Waals surface area contributed by atoms with Crippen molar-refractivity contribution in [3.05, 3.63) is 54.1 Å². The quantitative estimate of drug-likeness (QED) is 0.459. The highest BCUT2D eigenvalue weighted by Gasteiger charge is 2.38. The lowest BCUT2D eigenvalue weighted by atomic mass is 10.0. The van der Waals surface area contributed by atoms with Gasteiger partial charge >= 0.3 is 12.3 Å². The van der Waals surface area contributed by atoms with Crippen LogP contribution in [0.5, 0.6) is 5.75 Å². The lowest BCUT2D eigenvalue weighted by Gasteiger charge is -2.12. The molecule has 0 aliphatic heterocycles. The number of oxime groups is 1. The first-order chi connectivity index (χ1) is 13.2. The molecular weight excluding hydrogens is 377 g/mol. The van der Waals surface area contributed by atoms with Crippen LogP contribution >= 0.6 is 0 Å². The highest BCUT2D eigenvalue weighted by atomic mass is 19.4. The minimum atomic E-state index is -4.79. The number of carbonyl (C=O) groups excluding carboxylic acids is 1. The molecule has 2 aromatic carbocycles. The van der Waals surface area contributed by atoms with E-state index < -0.39 is 18.0 Å². The maximum Gasteiger partial charge on any atom is 0.437 e. The van der Waals surface area contributed by atoms with Crippen LogP contribution in [0.15, 0.2) is 53.7 Å². The van der Waals surface area contributed by atoms with Gasteiger partial charge in [-0.1, -0.05) is 41.6 Å². The van der Waals surface area contributed by atoms with E-state index in [1.807, 2.05) is 0 Å². The summed E-state index contributed by atoms with van der Waals surface area (Å²) < 4.78 is 45.0. The summed E-state index contributed by atoms with van der Waals surface area (Å²) >= 11 is 0. The van der Waals surface area contributed by atoms with E-state index in [0.717, 1.165) is 10.5 Å². The molecule has 0 unspecified atom stereocenters. The predicted octanol–water partition coefficient (Wildman–Crippen LogP) is 3.69. The first-order valence-corrected chi connectivity index (χ1v) is 8.20. The standard InChI is InChI=1S/C19H19F3N2O4/c1-24(2)18(26)28-23-17(19(20,21)22)15-5-3-13(4-6-15)14-7-9-16(10-8-14)27-12-11-25/h3-10,25H,11-12H2,1-2H3/b23-17-. The van der Waals surface area contributed by atoms with Gasteiger partial charge in [0.25, 0.3) is 0 Å². The number of halogens is 3. The Kier molecular flexibility index (Phi) is 7.00. The molecule has 0 saturated heterocycles. The van der Waals surface area contributed by atoms with Gasteiger partial charge in [0, 0.05) is 19.7 Å². The Balaban J connectivity index is 2.22. The van der Waals surface area contributed by atoms with Gasteiger partial charge in [0.05, 0.1) is 6.61 Å². The first kappa shape index (κ1) is 21.2. The molecule has 0 saturated carbocycles. The number of ether oxygens (including phenoxy) is 1. The highest BCUT2D eigenvalue weighted by Crippen LogP contribution is 2.26. The minimum Gasteiger partial charge on any atom is -0.491 e. The Morgan fingerprint density at radius 3 is 2.04 bits per heavy atom. The molecule has 9 heteroatoms. The van der Waals surface area contributed by atoms with Crippen molar-refractivity contribution in [2.24, 2.45) is 5.16 Å². The molecule has 0 heterocycles. The van der Waals surface area contributed by atoms with E-state index in [2.05, 4.69) is 9.99 Å². The number of rotatable bonds is 6. The molecule has 0 aromatic heterocycles. The zero-order chi connectivity index (χ0) is 20.7. The van der Waals surface area contributed by atoms with Crippen LogP contribution in [-0.4, -0.2) is 55.3 Å². The van der Waals surface area contributed by atoms with Crippen LogP contribution in [0.2, 0.25) is 0 Å². The molecule has 1 N–H and O–H groups in total.